The summed E-state index contributed by atoms with van der Waals surface area (Å²) in [4.78, 5) is 18.8. The van der Waals surface area contributed by atoms with Crippen molar-refractivity contribution >= 4 is 62.2 Å². The number of piperidine rings is 1. The molecule has 2 N–H and O–H groups in total. The molecule has 4 aromatic rings. The van der Waals surface area contributed by atoms with Gasteiger partial charge in [0, 0.05) is 109 Å². The summed E-state index contributed by atoms with van der Waals surface area (Å²) in [6, 6.07) is 21.2. The Morgan fingerprint density at radius 1 is 0.971 bits per heavy atom. The number of hydrogen-bond donors (Lipinski definition) is 2. The lowest BCUT2D eigenvalue weighted by Crippen LogP contribution is -2.49. The van der Waals surface area contributed by atoms with E-state index in [1.54, 1.807) is 17.8 Å². The third-order valence-electron chi connectivity index (χ3n) is 12.9. The molecule has 0 spiro atoms. The second kappa shape index (κ2) is 25.4. The summed E-state index contributed by atoms with van der Waals surface area (Å²) in [7, 11) is -2.27. The molecule has 2 fully saturated rings. The lowest BCUT2D eigenvalue weighted by atomic mass is 9.92. The maximum Gasteiger partial charge on any atom is 0.446 e. The van der Waals surface area contributed by atoms with Crippen molar-refractivity contribution in [1.82, 2.24) is 29.6 Å². The van der Waals surface area contributed by atoms with Crippen LogP contribution in [-0.4, -0.2) is 127 Å². The van der Waals surface area contributed by atoms with Gasteiger partial charge in [-0.25, -0.2) is 22.8 Å². The van der Waals surface area contributed by atoms with E-state index in [2.05, 4.69) is 60.2 Å². The van der Waals surface area contributed by atoms with E-state index in [1.807, 2.05) is 75.4 Å². The normalized spacial score (nSPS) is 18.3. The van der Waals surface area contributed by atoms with E-state index < -0.39 is 21.4 Å². The highest BCUT2D eigenvalue weighted by molar-refractivity contribution is 8.00. The van der Waals surface area contributed by atoms with Crippen LogP contribution in [0.15, 0.2) is 124 Å². The van der Waals surface area contributed by atoms with Crippen molar-refractivity contribution in [2.75, 3.05) is 75.2 Å². The van der Waals surface area contributed by atoms with Crippen LogP contribution in [0.3, 0.4) is 0 Å². The Bertz CT molecular complexity index is 2480. The van der Waals surface area contributed by atoms with Gasteiger partial charge in [0.05, 0.1) is 10.6 Å². The van der Waals surface area contributed by atoms with Gasteiger partial charge in [0.1, 0.15) is 18.0 Å². The Hall–Kier alpha value is -3.94. The molecule has 374 valence electrons. The van der Waals surface area contributed by atoms with Crippen LogP contribution in [0.1, 0.15) is 63.8 Å². The first kappa shape index (κ1) is 54.4. The number of allylic oxidation sites excluding steroid dienone is 3. The number of nitrogens with one attached hydrogen (secondary N) is 2. The second-order valence-electron chi connectivity index (χ2n) is 17.3. The maximum absolute atomic E-state index is 14.7. The van der Waals surface area contributed by atoms with Gasteiger partial charge in [0.15, 0.2) is 0 Å². The molecule has 2 atom stereocenters. The quantitative estimate of drug-likeness (QED) is 0.0567. The summed E-state index contributed by atoms with van der Waals surface area (Å²) in [5.41, 5.74) is -0.276. The van der Waals surface area contributed by atoms with E-state index in [9.17, 15) is 26.0 Å². The Kier molecular flexibility index (Phi) is 20.1. The zero-order valence-electron chi connectivity index (χ0n) is 40.1. The van der Waals surface area contributed by atoms with Gasteiger partial charge in [-0.15, -0.1) is 11.8 Å². The number of rotatable bonds is 18. The number of anilines is 2. The second-order valence-corrected chi connectivity index (χ2v) is 21.7. The van der Waals surface area contributed by atoms with Crippen LogP contribution in [0.5, 0.6) is 0 Å². The molecule has 18 heteroatoms. The molecule has 1 unspecified atom stereocenters. The lowest BCUT2D eigenvalue weighted by Gasteiger charge is -2.42. The van der Waals surface area contributed by atoms with Crippen molar-refractivity contribution in [2.45, 2.75) is 98.2 Å². The third kappa shape index (κ3) is 15.5. The van der Waals surface area contributed by atoms with Crippen LogP contribution in [-0.2, 0) is 23.0 Å². The minimum absolute atomic E-state index is 0.0680. The topological polar surface area (TPSA) is 96.9 Å². The molecule has 2 saturated heterocycles. The first-order chi connectivity index (χ1) is 33.0. The van der Waals surface area contributed by atoms with Crippen molar-refractivity contribution < 1.29 is 26.0 Å². The van der Waals surface area contributed by atoms with E-state index in [-0.39, 0.29) is 51.2 Å². The van der Waals surface area contributed by atoms with Crippen LogP contribution in [0.2, 0.25) is 5.02 Å². The van der Waals surface area contributed by atoms with Crippen LogP contribution < -0.4 is 10.0 Å². The zero-order valence-corrected chi connectivity index (χ0v) is 43.3. The monoisotopic (exact) mass is 1030 g/mol. The fourth-order valence-electron chi connectivity index (χ4n) is 8.95. The molecule has 0 saturated carbocycles. The van der Waals surface area contributed by atoms with Crippen molar-refractivity contribution in [2.24, 2.45) is 0 Å². The number of fused-ring (bicyclic) bond motifs is 1. The fourth-order valence-corrected chi connectivity index (χ4v) is 11.9. The van der Waals surface area contributed by atoms with Crippen molar-refractivity contribution in [3.05, 3.63) is 131 Å². The molecular weight excluding hydrogens is 964 g/mol. The fraction of sp³-hybridized carbons (Fsp3) is 0.451. The number of sulfonamides is 1. The predicted octanol–water partition coefficient (Wildman–Crippen LogP) is 11.5. The number of likely N-dealkylation sites (tertiary alicyclic amines) is 1. The van der Waals surface area contributed by atoms with Gasteiger partial charge in [-0.1, -0.05) is 62.4 Å². The Morgan fingerprint density at radius 3 is 2.33 bits per heavy atom. The predicted molar refractivity (Wildman–Crippen MR) is 277 cm³/mol. The van der Waals surface area contributed by atoms with E-state index in [0.717, 1.165) is 86.3 Å². The lowest BCUT2D eigenvalue weighted by molar-refractivity contribution is -0.0328. The van der Waals surface area contributed by atoms with Gasteiger partial charge < -0.3 is 15.1 Å². The van der Waals surface area contributed by atoms with Crippen LogP contribution in [0, 0.1) is 0 Å². The molecular formula is C51H65ClF4N8O2S3. The number of halogens is 5. The van der Waals surface area contributed by atoms with Gasteiger partial charge in [-0.2, -0.15) is 13.2 Å². The SMILES string of the molecule is C=C/C(F)=C\C(=C(/C)c1ccc(Cl)cc1)C(C)N1CCC(N2CCc3c(ncnc3NS(=O)(=O)c3ccc(N[C@H](CCN4CCN(C)CC4)CSc4ccccc4)c(SC(F)(F)F)c3)C2)CC1.CC. The van der Waals surface area contributed by atoms with Gasteiger partial charge >= 0.3 is 5.51 Å². The highest BCUT2D eigenvalue weighted by Crippen LogP contribution is 2.42. The maximum atomic E-state index is 14.7. The summed E-state index contributed by atoms with van der Waals surface area (Å²) in [5, 5.41) is 4.01. The molecule has 0 bridgehead atoms. The average Bonchev–Trinajstić information content (AvgIpc) is 3.35. The highest BCUT2D eigenvalue weighted by Gasteiger charge is 2.34. The van der Waals surface area contributed by atoms with E-state index in [0.29, 0.717) is 48.0 Å². The standard InChI is InChI=1S/C49H59ClF4N8O2S3.C2H6/c1-5-38(51)29-44(34(2)36-11-13-37(50)14-12-36)35(3)61-22-18-40(19-23-61)62-24-20-43-46(31-62)55-33-56-48(43)58-67(63,64)42-15-16-45(47(30-42)66-49(52,53)54)57-39(32-65-41-9-7-6-8-10-41)17-21-60-27-25-59(4)26-28-60;1-2/h5-16,29-30,33,35,39-40,57H,1,17-28,31-32H2,2-4H3,(H,55,56,58);1-2H3/b38-29+,44-34-;/t35?,39-;/m1./s1. The molecule has 0 aliphatic carbocycles. The molecule has 7 rings (SSSR count). The van der Waals surface area contributed by atoms with Gasteiger partial charge in [0.25, 0.3) is 10.0 Å². The van der Waals surface area contributed by atoms with Gasteiger partial charge in [0.2, 0.25) is 0 Å². The molecule has 4 heterocycles. The Labute approximate surface area is 420 Å². The number of hydrogen-bond acceptors (Lipinski definition) is 11. The molecule has 3 aliphatic rings. The summed E-state index contributed by atoms with van der Waals surface area (Å²) < 4.78 is 87.7. The molecule has 0 radical (unpaired) electrons. The summed E-state index contributed by atoms with van der Waals surface area (Å²) >= 11 is 7.45. The van der Waals surface area contributed by atoms with Crippen molar-refractivity contribution in [1.29, 1.82) is 0 Å². The van der Waals surface area contributed by atoms with Crippen molar-refractivity contribution in [3.63, 3.8) is 0 Å². The summed E-state index contributed by atoms with van der Waals surface area (Å²) in [6.45, 7) is 18.9. The Balaban J connectivity index is 0.00000386. The first-order valence-electron chi connectivity index (χ1n) is 23.6. The molecule has 69 heavy (non-hydrogen) atoms. The van der Waals surface area contributed by atoms with Crippen molar-refractivity contribution in [3.8, 4) is 0 Å². The molecule has 3 aliphatic heterocycles. The number of alkyl halides is 3. The molecule has 10 nitrogen and oxygen atoms in total. The number of aromatic nitrogens is 2. The largest absolute Gasteiger partial charge is 0.446 e. The van der Waals surface area contributed by atoms with Crippen LogP contribution >= 0.6 is 35.1 Å². The smallest absolute Gasteiger partial charge is 0.381 e. The number of piperazine rings is 1. The number of benzene rings is 3. The van der Waals surface area contributed by atoms with E-state index in [4.69, 9.17) is 11.6 Å². The van der Waals surface area contributed by atoms with Crippen LogP contribution in [0.4, 0.5) is 29.1 Å². The number of thioether (sulfide) groups is 2. The summed E-state index contributed by atoms with van der Waals surface area (Å²) in [5.74, 6) is 0.324. The number of nitrogens with zero attached hydrogens (tertiary/aromatic N) is 6. The minimum atomic E-state index is -4.66. The first-order valence-corrected chi connectivity index (χ1v) is 27.3. The molecule has 0 amide bonds. The molecule has 3 aromatic carbocycles. The number of likely N-dealkylation sites (N-methyl/N-ethyl adjacent to an activating group) is 1. The van der Waals surface area contributed by atoms with Crippen LogP contribution in [0.25, 0.3) is 5.57 Å². The Morgan fingerprint density at radius 2 is 1.67 bits per heavy atom. The van der Waals surface area contributed by atoms with Gasteiger partial charge in [-0.3, -0.25) is 14.5 Å². The minimum Gasteiger partial charge on any atom is -0.381 e. The molecule has 1 aromatic heterocycles. The van der Waals surface area contributed by atoms with Gasteiger partial charge in [-0.05, 0) is 130 Å². The zero-order chi connectivity index (χ0) is 49.7. The van der Waals surface area contributed by atoms with E-state index >= 15 is 0 Å². The highest BCUT2D eigenvalue weighted by atomic mass is 35.5. The van der Waals surface area contributed by atoms with E-state index in [1.165, 1.54) is 24.5 Å². The average molecular weight is 1030 g/mol. The third-order valence-corrected chi connectivity index (χ3v) is 16.5. The summed E-state index contributed by atoms with van der Waals surface area (Å²) in [6.07, 6.45) is 7.02.